The molecule has 0 bridgehead atoms. The topological polar surface area (TPSA) is 40.5 Å². The highest BCUT2D eigenvalue weighted by Gasteiger charge is 2.21. The van der Waals surface area contributed by atoms with Crippen LogP contribution in [0, 0.1) is 0 Å². The maximum absolute atomic E-state index is 10.4. The summed E-state index contributed by atoms with van der Waals surface area (Å²) < 4.78 is 0. The average molecular weight is 185 g/mol. The zero-order valence-electron chi connectivity index (χ0n) is 8.33. The molecule has 0 saturated heterocycles. The van der Waals surface area contributed by atoms with E-state index in [1.807, 2.05) is 0 Å². The molecule has 0 heterocycles. The van der Waals surface area contributed by atoms with Crippen LogP contribution in [0.3, 0.4) is 0 Å². The van der Waals surface area contributed by atoms with Gasteiger partial charge in [-0.25, -0.2) is 0 Å². The van der Waals surface area contributed by atoms with Crippen molar-refractivity contribution in [2.45, 2.75) is 45.1 Å². The van der Waals surface area contributed by atoms with Crippen molar-refractivity contribution in [3.05, 3.63) is 0 Å². The van der Waals surface area contributed by atoms with Crippen LogP contribution in [-0.4, -0.2) is 35.1 Å². The van der Waals surface area contributed by atoms with Crippen molar-refractivity contribution >= 4 is 5.97 Å². The molecule has 1 rings (SSSR count). The van der Waals surface area contributed by atoms with Crippen molar-refractivity contribution in [3.8, 4) is 0 Å². The van der Waals surface area contributed by atoms with E-state index in [-0.39, 0.29) is 6.42 Å². The monoisotopic (exact) mass is 185 g/mol. The zero-order valence-corrected chi connectivity index (χ0v) is 8.33. The van der Waals surface area contributed by atoms with Crippen LogP contribution in [-0.2, 0) is 4.79 Å². The molecule has 0 aromatic heterocycles. The third kappa shape index (κ3) is 3.35. The van der Waals surface area contributed by atoms with Crippen LogP contribution >= 0.6 is 0 Å². The minimum atomic E-state index is -0.684. The Kier molecular flexibility index (Phi) is 4.22. The Bertz CT molecular complexity index is 164. The van der Waals surface area contributed by atoms with Gasteiger partial charge in [0.25, 0.3) is 0 Å². The van der Waals surface area contributed by atoms with Gasteiger partial charge in [0.1, 0.15) is 0 Å². The minimum Gasteiger partial charge on any atom is -0.481 e. The number of rotatable bonds is 5. The summed E-state index contributed by atoms with van der Waals surface area (Å²) in [5.41, 5.74) is 0. The first-order valence-corrected chi connectivity index (χ1v) is 5.20. The molecule has 0 amide bonds. The molecule has 0 radical (unpaired) electrons. The highest BCUT2D eigenvalue weighted by atomic mass is 16.4. The fraction of sp³-hybridized carbons (Fsp3) is 0.900. The predicted molar refractivity (Wildman–Crippen MR) is 51.8 cm³/mol. The third-order valence-electron chi connectivity index (χ3n) is 2.86. The molecule has 1 fully saturated rings. The van der Waals surface area contributed by atoms with Crippen molar-refractivity contribution in [1.29, 1.82) is 0 Å². The fourth-order valence-electron chi connectivity index (χ4n) is 2.11. The second-order valence-corrected chi connectivity index (χ2v) is 3.71. The van der Waals surface area contributed by atoms with Crippen LogP contribution in [0.2, 0.25) is 0 Å². The van der Waals surface area contributed by atoms with Gasteiger partial charge in [-0.1, -0.05) is 19.8 Å². The number of carbonyl (C=O) groups is 1. The van der Waals surface area contributed by atoms with E-state index in [1.54, 1.807) is 0 Å². The van der Waals surface area contributed by atoms with E-state index >= 15 is 0 Å². The van der Waals surface area contributed by atoms with Crippen molar-refractivity contribution in [3.63, 3.8) is 0 Å². The number of carboxylic acid groups (broad SMARTS) is 1. The molecular weight excluding hydrogens is 166 g/mol. The number of hydrogen-bond donors (Lipinski definition) is 1. The molecule has 0 aromatic rings. The average Bonchev–Trinajstić information content (AvgIpc) is 2.58. The molecule has 1 N–H and O–H groups in total. The number of carboxylic acids is 1. The lowest BCUT2D eigenvalue weighted by atomic mass is 10.2. The Morgan fingerprint density at radius 1 is 1.46 bits per heavy atom. The highest BCUT2D eigenvalue weighted by molar-refractivity contribution is 5.66. The molecule has 3 heteroatoms. The van der Waals surface area contributed by atoms with Gasteiger partial charge in [-0.3, -0.25) is 4.79 Å². The molecule has 1 saturated carbocycles. The summed E-state index contributed by atoms with van der Waals surface area (Å²) in [5.74, 6) is -0.684. The second kappa shape index (κ2) is 5.22. The van der Waals surface area contributed by atoms with E-state index in [1.165, 1.54) is 25.7 Å². The summed E-state index contributed by atoms with van der Waals surface area (Å²) in [6.45, 7) is 3.81. The highest BCUT2D eigenvalue weighted by Crippen LogP contribution is 2.23. The fourth-order valence-corrected chi connectivity index (χ4v) is 2.11. The van der Waals surface area contributed by atoms with Gasteiger partial charge in [-0.05, 0) is 19.4 Å². The SMILES string of the molecule is CCN(CCC(=O)O)C1CCCC1. The van der Waals surface area contributed by atoms with E-state index in [9.17, 15) is 4.79 Å². The van der Waals surface area contributed by atoms with Gasteiger partial charge in [-0.2, -0.15) is 0 Å². The molecule has 0 aromatic carbocycles. The summed E-state index contributed by atoms with van der Waals surface area (Å²) in [7, 11) is 0. The Labute approximate surface area is 79.7 Å². The molecular formula is C10H19NO2. The van der Waals surface area contributed by atoms with E-state index in [0.29, 0.717) is 6.04 Å². The normalized spacial score (nSPS) is 18.3. The standard InChI is InChI=1S/C10H19NO2/c1-2-11(8-7-10(12)13)9-5-3-4-6-9/h9H,2-8H2,1H3,(H,12,13). The predicted octanol–water partition coefficient (Wildman–Crippen LogP) is 1.73. The minimum absolute atomic E-state index is 0.282. The summed E-state index contributed by atoms with van der Waals surface area (Å²) >= 11 is 0. The van der Waals surface area contributed by atoms with Crippen molar-refractivity contribution in [2.24, 2.45) is 0 Å². The molecule has 3 nitrogen and oxygen atoms in total. The quantitative estimate of drug-likeness (QED) is 0.709. The van der Waals surface area contributed by atoms with Gasteiger partial charge in [0.2, 0.25) is 0 Å². The molecule has 1 aliphatic carbocycles. The molecule has 0 spiro atoms. The van der Waals surface area contributed by atoms with Crippen LogP contribution in [0.4, 0.5) is 0 Å². The van der Waals surface area contributed by atoms with Crippen LogP contribution in [0.5, 0.6) is 0 Å². The van der Waals surface area contributed by atoms with Gasteiger partial charge in [0.15, 0.2) is 0 Å². The lowest BCUT2D eigenvalue weighted by Crippen LogP contribution is -2.34. The summed E-state index contributed by atoms with van der Waals surface area (Å²) in [5, 5.41) is 8.57. The second-order valence-electron chi connectivity index (χ2n) is 3.71. The molecule has 0 unspecified atom stereocenters. The molecule has 0 atom stereocenters. The molecule has 76 valence electrons. The van der Waals surface area contributed by atoms with Gasteiger partial charge >= 0.3 is 5.97 Å². The van der Waals surface area contributed by atoms with E-state index < -0.39 is 5.97 Å². The Morgan fingerprint density at radius 2 is 2.08 bits per heavy atom. The van der Waals surface area contributed by atoms with E-state index in [2.05, 4.69) is 11.8 Å². The largest absolute Gasteiger partial charge is 0.481 e. The summed E-state index contributed by atoms with van der Waals surface area (Å²) in [6, 6.07) is 0.657. The van der Waals surface area contributed by atoms with Gasteiger partial charge in [-0.15, -0.1) is 0 Å². The molecule has 0 aliphatic heterocycles. The van der Waals surface area contributed by atoms with E-state index in [0.717, 1.165) is 13.1 Å². The van der Waals surface area contributed by atoms with Crippen LogP contribution < -0.4 is 0 Å². The van der Waals surface area contributed by atoms with Gasteiger partial charge in [0, 0.05) is 12.6 Å². The first-order chi connectivity index (χ1) is 6.24. The maximum atomic E-state index is 10.4. The Balaban J connectivity index is 2.28. The smallest absolute Gasteiger partial charge is 0.304 e. The first kappa shape index (κ1) is 10.5. The number of hydrogen-bond acceptors (Lipinski definition) is 2. The lowest BCUT2D eigenvalue weighted by Gasteiger charge is -2.26. The number of aliphatic carboxylic acids is 1. The van der Waals surface area contributed by atoms with Crippen LogP contribution in [0.1, 0.15) is 39.0 Å². The maximum Gasteiger partial charge on any atom is 0.304 e. The Hall–Kier alpha value is -0.570. The summed E-state index contributed by atoms with van der Waals surface area (Å²) in [4.78, 5) is 12.7. The van der Waals surface area contributed by atoms with Crippen molar-refractivity contribution in [2.75, 3.05) is 13.1 Å². The van der Waals surface area contributed by atoms with Crippen molar-refractivity contribution in [1.82, 2.24) is 4.90 Å². The third-order valence-corrected chi connectivity index (χ3v) is 2.86. The van der Waals surface area contributed by atoms with E-state index in [4.69, 9.17) is 5.11 Å². The lowest BCUT2D eigenvalue weighted by molar-refractivity contribution is -0.137. The first-order valence-electron chi connectivity index (χ1n) is 5.20. The Morgan fingerprint density at radius 3 is 2.54 bits per heavy atom. The van der Waals surface area contributed by atoms with Crippen molar-refractivity contribution < 1.29 is 9.90 Å². The zero-order chi connectivity index (χ0) is 9.68. The molecule has 1 aliphatic rings. The number of nitrogens with zero attached hydrogens (tertiary/aromatic N) is 1. The van der Waals surface area contributed by atoms with Gasteiger partial charge < -0.3 is 10.0 Å². The van der Waals surface area contributed by atoms with Crippen LogP contribution in [0.25, 0.3) is 0 Å². The van der Waals surface area contributed by atoms with Crippen LogP contribution in [0.15, 0.2) is 0 Å². The summed E-state index contributed by atoms with van der Waals surface area (Å²) in [6.07, 6.45) is 5.42. The van der Waals surface area contributed by atoms with Gasteiger partial charge in [0.05, 0.1) is 6.42 Å². The molecule has 13 heavy (non-hydrogen) atoms.